The molecule has 0 atom stereocenters. The summed E-state index contributed by atoms with van der Waals surface area (Å²) in [5, 5.41) is 19.4. The largest absolute Gasteiger partial charge is 0.545 e. The van der Waals surface area contributed by atoms with Crippen LogP contribution in [-0.2, 0) is 9.59 Å². The van der Waals surface area contributed by atoms with Crippen molar-refractivity contribution >= 4 is 11.9 Å². The first-order valence-corrected chi connectivity index (χ1v) is 5.97. The van der Waals surface area contributed by atoms with Gasteiger partial charge in [0.05, 0.1) is 11.9 Å². The molecular formula is C15H16N2O4. The lowest BCUT2D eigenvalue weighted by Gasteiger charge is -2.00. The van der Waals surface area contributed by atoms with Gasteiger partial charge in [-0.05, 0) is 18.6 Å². The first-order valence-electron chi connectivity index (χ1n) is 5.97. The molecule has 0 aromatic carbocycles. The summed E-state index contributed by atoms with van der Waals surface area (Å²) in [6.45, 7) is 1.12. The van der Waals surface area contributed by atoms with Crippen LogP contribution in [0, 0.1) is 0 Å². The van der Waals surface area contributed by atoms with Crippen LogP contribution in [0.15, 0.2) is 72.8 Å². The average molecular weight is 288 g/mol. The Bertz CT molecular complexity index is 457. The number of aromatic nitrogens is 2. The maximum atomic E-state index is 9.76. The molecule has 6 nitrogen and oxygen atoms in total. The van der Waals surface area contributed by atoms with E-state index in [9.17, 15) is 19.8 Å². The summed E-state index contributed by atoms with van der Waals surface area (Å²) in [5.41, 5.74) is -0.352. The van der Waals surface area contributed by atoms with E-state index < -0.39 is 11.9 Å². The molecule has 0 saturated heterocycles. The summed E-state index contributed by atoms with van der Waals surface area (Å²) >= 11 is 0. The van der Waals surface area contributed by atoms with E-state index in [0.29, 0.717) is 6.08 Å². The second kappa shape index (κ2) is 12.0. The lowest BCUT2D eigenvalue weighted by Crippen LogP contribution is -2.26. The minimum atomic E-state index is -1.53. The number of aromatic amines is 2. The molecular weight excluding hydrogens is 272 g/mol. The van der Waals surface area contributed by atoms with Crippen molar-refractivity contribution in [2.75, 3.05) is 0 Å². The van der Waals surface area contributed by atoms with Gasteiger partial charge < -0.3 is 19.8 Å². The predicted molar refractivity (Wildman–Crippen MR) is 69.8 cm³/mol. The fraction of sp³-hybridized carbons (Fsp3) is 0.0667. The first-order chi connectivity index (χ1) is 10.0. The average Bonchev–Trinajstić information content (AvgIpc) is 2.51. The van der Waals surface area contributed by atoms with E-state index in [1.165, 1.54) is 0 Å². The molecule has 2 aromatic heterocycles. The van der Waals surface area contributed by atoms with Crippen LogP contribution in [0.4, 0.5) is 0 Å². The number of aliphatic carboxylic acids is 2. The van der Waals surface area contributed by atoms with E-state index in [1.807, 2.05) is 61.2 Å². The maximum absolute atomic E-state index is 9.76. The normalized spacial score (nSPS) is 9.29. The van der Waals surface area contributed by atoms with Crippen LogP contribution in [-0.4, -0.2) is 11.9 Å². The highest BCUT2D eigenvalue weighted by molar-refractivity contribution is 5.92. The fourth-order valence-electron chi connectivity index (χ4n) is 0.920. The standard InChI is InChI=1S/2C5H5N.C5H6O4/c2*1-2-4-6-5-3-1;1-3(5(8)9)2-4(6)7/h2*1-5H;2H,1H3,(H,6,7)(H,8,9)/b;;3-2-. The Morgan fingerprint density at radius 1 is 0.810 bits per heavy atom. The maximum Gasteiger partial charge on any atom is 0.166 e. The lowest BCUT2D eigenvalue weighted by atomic mass is 10.3. The highest BCUT2D eigenvalue weighted by Crippen LogP contribution is 1.86. The highest BCUT2D eigenvalue weighted by atomic mass is 16.4. The number of carboxylic acids is 2. The zero-order valence-electron chi connectivity index (χ0n) is 11.5. The molecule has 0 aliphatic heterocycles. The third-order valence-electron chi connectivity index (χ3n) is 1.87. The molecule has 0 amide bonds. The monoisotopic (exact) mass is 288 g/mol. The van der Waals surface area contributed by atoms with Gasteiger partial charge in [0.15, 0.2) is 24.8 Å². The Hall–Kier alpha value is -3.02. The highest BCUT2D eigenvalue weighted by Gasteiger charge is 1.86. The third-order valence-corrected chi connectivity index (χ3v) is 1.87. The van der Waals surface area contributed by atoms with Crippen molar-refractivity contribution in [2.24, 2.45) is 0 Å². The topological polar surface area (TPSA) is 109 Å². The van der Waals surface area contributed by atoms with E-state index in [4.69, 9.17) is 0 Å². The number of hydrogen-bond acceptors (Lipinski definition) is 4. The molecule has 0 bridgehead atoms. The Balaban J connectivity index is 0.000000293. The van der Waals surface area contributed by atoms with Gasteiger partial charge in [0.1, 0.15) is 0 Å². The molecule has 0 aliphatic carbocycles. The van der Waals surface area contributed by atoms with Gasteiger partial charge in [-0.3, -0.25) is 0 Å². The number of pyridine rings is 2. The summed E-state index contributed by atoms with van der Waals surface area (Å²) in [5.74, 6) is -3.03. The van der Waals surface area contributed by atoms with Crippen LogP contribution in [0.1, 0.15) is 6.92 Å². The Morgan fingerprint density at radius 2 is 1.19 bits per heavy atom. The Labute approximate surface area is 122 Å². The quantitative estimate of drug-likeness (QED) is 0.622. The van der Waals surface area contributed by atoms with Crippen molar-refractivity contribution in [2.45, 2.75) is 6.92 Å². The SMILES string of the molecule is C/C(=C/C(=O)[O-])C(=O)[O-].c1cc[nH+]cc1.c1cc[nH+]cc1. The Morgan fingerprint density at radius 3 is 1.29 bits per heavy atom. The summed E-state index contributed by atoms with van der Waals surface area (Å²) in [4.78, 5) is 25.2. The van der Waals surface area contributed by atoms with Crippen molar-refractivity contribution in [1.82, 2.24) is 0 Å². The van der Waals surface area contributed by atoms with E-state index in [1.54, 1.807) is 0 Å². The number of carboxylic acid groups (broad SMARTS) is 2. The summed E-state index contributed by atoms with van der Waals surface area (Å²) in [6.07, 6.45) is 7.97. The van der Waals surface area contributed by atoms with E-state index in [0.717, 1.165) is 6.92 Å². The van der Waals surface area contributed by atoms with E-state index in [-0.39, 0.29) is 5.57 Å². The molecule has 21 heavy (non-hydrogen) atoms. The van der Waals surface area contributed by atoms with Crippen molar-refractivity contribution in [3.8, 4) is 0 Å². The predicted octanol–water partition coefficient (Wildman–Crippen LogP) is -1.57. The molecule has 2 aromatic rings. The minimum Gasteiger partial charge on any atom is -0.545 e. The molecule has 0 fully saturated rings. The van der Waals surface area contributed by atoms with Crippen molar-refractivity contribution in [3.63, 3.8) is 0 Å². The van der Waals surface area contributed by atoms with Crippen LogP contribution < -0.4 is 20.2 Å². The lowest BCUT2D eigenvalue weighted by molar-refractivity contribution is -0.378. The van der Waals surface area contributed by atoms with Gasteiger partial charge in [-0.15, -0.1) is 0 Å². The van der Waals surface area contributed by atoms with Gasteiger partial charge in [-0.2, -0.15) is 0 Å². The molecule has 0 unspecified atom stereocenters. The smallest absolute Gasteiger partial charge is 0.166 e. The van der Waals surface area contributed by atoms with Crippen LogP contribution in [0.2, 0.25) is 0 Å². The number of nitrogens with one attached hydrogen (secondary N) is 2. The van der Waals surface area contributed by atoms with Gasteiger partial charge in [0.2, 0.25) is 0 Å². The zero-order chi connectivity index (χ0) is 15.9. The summed E-state index contributed by atoms with van der Waals surface area (Å²) in [6, 6.07) is 11.7. The molecule has 2 rings (SSSR count). The Kier molecular flexibility index (Phi) is 10.3. The number of rotatable bonds is 2. The van der Waals surface area contributed by atoms with E-state index in [2.05, 4.69) is 9.97 Å². The van der Waals surface area contributed by atoms with Gasteiger partial charge in [-0.1, -0.05) is 12.1 Å². The van der Waals surface area contributed by atoms with Gasteiger partial charge in [0.25, 0.3) is 0 Å². The number of carbonyl (C=O) groups excluding carboxylic acids is 2. The van der Waals surface area contributed by atoms with E-state index >= 15 is 0 Å². The van der Waals surface area contributed by atoms with Crippen molar-refractivity contribution in [1.29, 1.82) is 0 Å². The molecule has 2 heterocycles. The van der Waals surface area contributed by atoms with Gasteiger partial charge >= 0.3 is 0 Å². The zero-order valence-corrected chi connectivity index (χ0v) is 11.5. The van der Waals surface area contributed by atoms with Crippen molar-refractivity contribution < 1.29 is 29.8 Å². The third kappa shape index (κ3) is 13.2. The first kappa shape index (κ1) is 18.0. The van der Waals surface area contributed by atoms with Gasteiger partial charge in [-0.25, -0.2) is 9.97 Å². The number of carbonyl (C=O) groups is 2. The molecule has 0 saturated carbocycles. The molecule has 2 N–H and O–H groups in total. The van der Waals surface area contributed by atoms with Crippen LogP contribution in [0.3, 0.4) is 0 Å². The number of H-pyrrole nitrogens is 2. The van der Waals surface area contributed by atoms with Gasteiger partial charge in [0, 0.05) is 24.3 Å². The molecule has 0 radical (unpaired) electrons. The van der Waals surface area contributed by atoms with Crippen LogP contribution in [0.25, 0.3) is 0 Å². The second-order valence-corrected chi connectivity index (χ2v) is 3.59. The van der Waals surface area contributed by atoms with Crippen LogP contribution in [0.5, 0.6) is 0 Å². The molecule has 6 heteroatoms. The summed E-state index contributed by atoms with van der Waals surface area (Å²) < 4.78 is 0. The molecule has 0 aliphatic rings. The second-order valence-electron chi connectivity index (χ2n) is 3.59. The number of hydrogen-bond donors (Lipinski definition) is 0. The molecule has 0 spiro atoms. The fourth-order valence-corrected chi connectivity index (χ4v) is 0.920. The van der Waals surface area contributed by atoms with Crippen LogP contribution >= 0.6 is 0 Å². The minimum absolute atomic E-state index is 0.352. The summed E-state index contributed by atoms with van der Waals surface area (Å²) in [7, 11) is 0. The molecule has 110 valence electrons. The van der Waals surface area contributed by atoms with Crippen molar-refractivity contribution in [3.05, 3.63) is 72.8 Å².